The van der Waals surface area contributed by atoms with Crippen molar-refractivity contribution in [1.29, 1.82) is 0 Å². The van der Waals surface area contributed by atoms with Gasteiger partial charge in [-0.25, -0.2) is 8.42 Å². The minimum absolute atomic E-state index is 0.287. The molecule has 2 aromatic carbocycles. The number of benzene rings is 2. The maximum atomic E-state index is 13.1. The second-order valence-corrected chi connectivity index (χ2v) is 10.2. The number of aryl methyl sites for hydroxylation is 1. The molecule has 6 nitrogen and oxygen atoms in total. The zero-order valence-corrected chi connectivity index (χ0v) is 19.5. The van der Waals surface area contributed by atoms with Crippen LogP contribution in [0.25, 0.3) is 0 Å². The monoisotopic (exact) mass is 443 g/mol. The smallest absolute Gasteiger partial charge is 0.244 e. The molecule has 0 radical (unpaired) electrons. The second-order valence-electron chi connectivity index (χ2n) is 8.29. The lowest BCUT2D eigenvalue weighted by Crippen LogP contribution is -2.49. The molecule has 31 heavy (non-hydrogen) atoms. The van der Waals surface area contributed by atoms with E-state index in [9.17, 15) is 13.2 Å². The van der Waals surface area contributed by atoms with E-state index < -0.39 is 16.1 Å². The van der Waals surface area contributed by atoms with Crippen LogP contribution in [0.3, 0.4) is 0 Å². The summed E-state index contributed by atoms with van der Waals surface area (Å²) >= 11 is 0. The van der Waals surface area contributed by atoms with E-state index >= 15 is 0 Å². The van der Waals surface area contributed by atoms with Crippen molar-refractivity contribution >= 4 is 21.6 Å². The van der Waals surface area contributed by atoms with Crippen molar-refractivity contribution in [3.8, 4) is 0 Å². The molecule has 1 atom stereocenters. The van der Waals surface area contributed by atoms with Crippen LogP contribution in [0.5, 0.6) is 0 Å². The van der Waals surface area contributed by atoms with Crippen LogP contribution >= 0.6 is 0 Å². The van der Waals surface area contributed by atoms with Crippen LogP contribution in [0.15, 0.2) is 48.5 Å². The van der Waals surface area contributed by atoms with Crippen molar-refractivity contribution in [2.24, 2.45) is 0 Å². The molecule has 0 aromatic heterocycles. The van der Waals surface area contributed by atoms with Crippen LogP contribution in [0.4, 0.5) is 5.69 Å². The maximum absolute atomic E-state index is 13.1. The summed E-state index contributed by atoms with van der Waals surface area (Å²) in [5.74, 6) is -0.287. The molecular weight excluding hydrogens is 410 g/mol. The molecule has 3 rings (SSSR count). The highest BCUT2D eigenvalue weighted by molar-refractivity contribution is 7.92. The first kappa shape index (κ1) is 23.3. The van der Waals surface area contributed by atoms with E-state index in [-0.39, 0.29) is 5.91 Å². The summed E-state index contributed by atoms with van der Waals surface area (Å²) in [4.78, 5) is 15.6. The van der Waals surface area contributed by atoms with Gasteiger partial charge < -0.3 is 5.32 Å². The third-order valence-electron chi connectivity index (χ3n) is 5.75. The number of rotatable bonds is 9. The zero-order valence-electron chi connectivity index (χ0n) is 18.7. The first-order valence-electron chi connectivity index (χ1n) is 10.9. The minimum atomic E-state index is -3.63. The molecule has 0 unspecified atom stereocenters. The quantitative estimate of drug-likeness (QED) is 0.644. The van der Waals surface area contributed by atoms with E-state index in [0.717, 1.165) is 37.0 Å². The first-order valence-corrected chi connectivity index (χ1v) is 12.8. The number of amides is 1. The molecule has 0 spiro atoms. The summed E-state index contributed by atoms with van der Waals surface area (Å²) < 4.78 is 26.5. The van der Waals surface area contributed by atoms with Gasteiger partial charge >= 0.3 is 0 Å². The minimum Gasteiger partial charge on any atom is -0.350 e. The Hall–Kier alpha value is -2.38. The highest BCUT2D eigenvalue weighted by Crippen LogP contribution is 2.24. The van der Waals surface area contributed by atoms with Crippen LogP contribution in [0.1, 0.15) is 42.9 Å². The van der Waals surface area contributed by atoms with Crippen LogP contribution in [-0.4, -0.2) is 44.6 Å². The summed E-state index contributed by atoms with van der Waals surface area (Å²) in [5.41, 5.74) is 3.73. The van der Waals surface area contributed by atoms with Gasteiger partial charge in [0.05, 0.1) is 11.9 Å². The van der Waals surface area contributed by atoms with Gasteiger partial charge in [0.2, 0.25) is 15.9 Å². The number of sulfonamides is 1. The molecule has 2 aromatic rings. The molecule has 0 bridgehead atoms. The van der Waals surface area contributed by atoms with E-state index in [1.165, 1.54) is 22.7 Å². The number of hydrogen-bond acceptors (Lipinski definition) is 4. The molecule has 1 aliphatic rings. The fourth-order valence-electron chi connectivity index (χ4n) is 4.19. The van der Waals surface area contributed by atoms with Crippen molar-refractivity contribution in [3.63, 3.8) is 0 Å². The molecule has 1 saturated heterocycles. The average Bonchev–Trinajstić information content (AvgIpc) is 3.23. The van der Waals surface area contributed by atoms with Crippen molar-refractivity contribution in [3.05, 3.63) is 65.2 Å². The van der Waals surface area contributed by atoms with Crippen molar-refractivity contribution in [2.75, 3.05) is 23.7 Å². The molecule has 7 heteroatoms. The first-order chi connectivity index (χ1) is 14.8. The largest absolute Gasteiger partial charge is 0.350 e. The third-order valence-corrected chi connectivity index (χ3v) is 6.93. The lowest BCUT2D eigenvalue weighted by molar-refractivity contribution is -0.122. The molecule has 1 N–H and O–H groups in total. The summed E-state index contributed by atoms with van der Waals surface area (Å²) in [6.45, 7) is 7.21. The zero-order chi connectivity index (χ0) is 22.4. The highest BCUT2D eigenvalue weighted by Gasteiger charge is 2.31. The Bertz CT molecular complexity index is 1000. The molecular formula is C24H33N3O3S. The summed E-state index contributed by atoms with van der Waals surface area (Å²) in [6.07, 6.45) is 3.99. The molecule has 1 fully saturated rings. The van der Waals surface area contributed by atoms with Gasteiger partial charge in [0.25, 0.3) is 0 Å². The predicted molar refractivity (Wildman–Crippen MR) is 125 cm³/mol. The summed E-state index contributed by atoms with van der Waals surface area (Å²) in [7, 11) is -3.63. The third kappa shape index (κ3) is 6.08. The number of likely N-dealkylation sites (tertiary alicyclic amines) is 1. The number of carbonyl (C=O) groups excluding carboxylic acids is 1. The fraction of sp³-hybridized carbons (Fsp3) is 0.458. The van der Waals surface area contributed by atoms with Gasteiger partial charge in [-0.05, 0) is 68.1 Å². The summed E-state index contributed by atoms with van der Waals surface area (Å²) in [5, 5.41) is 2.99. The highest BCUT2D eigenvalue weighted by atomic mass is 32.2. The maximum Gasteiger partial charge on any atom is 0.244 e. The number of anilines is 1. The van der Waals surface area contributed by atoms with E-state index in [4.69, 9.17) is 0 Å². The Morgan fingerprint density at radius 2 is 1.77 bits per heavy atom. The Balaban J connectivity index is 1.76. The van der Waals surface area contributed by atoms with Gasteiger partial charge in [0.15, 0.2) is 0 Å². The number of nitrogens with zero attached hydrogens (tertiary/aromatic N) is 2. The van der Waals surface area contributed by atoms with Gasteiger partial charge in [-0.1, -0.05) is 43.3 Å². The molecule has 1 aliphatic heterocycles. The molecule has 1 amide bonds. The molecule has 1 heterocycles. The van der Waals surface area contributed by atoms with Crippen molar-refractivity contribution in [2.45, 2.75) is 52.2 Å². The Kier molecular flexibility index (Phi) is 7.73. The van der Waals surface area contributed by atoms with Crippen molar-refractivity contribution in [1.82, 2.24) is 10.2 Å². The average molecular weight is 444 g/mol. The topological polar surface area (TPSA) is 69.7 Å². The van der Waals surface area contributed by atoms with Gasteiger partial charge in [-0.15, -0.1) is 0 Å². The van der Waals surface area contributed by atoms with Gasteiger partial charge in [0, 0.05) is 13.1 Å². The lowest BCUT2D eigenvalue weighted by Gasteiger charge is -2.30. The standard InChI is InChI=1S/C24H33N3O3S/c1-4-23(27(31(3,29)30)22-13-9-10-19(2)16-22)24(28)25-17-20-11-5-6-12-21(20)18-26-14-7-8-15-26/h5-6,9-13,16,23H,4,7-8,14-15,17-18H2,1-3H3,(H,25,28)/t23-/m1/s1. The number of nitrogens with one attached hydrogen (secondary N) is 1. The van der Waals surface area contributed by atoms with E-state index in [0.29, 0.717) is 18.7 Å². The predicted octanol–water partition coefficient (Wildman–Crippen LogP) is 3.45. The Morgan fingerprint density at radius 1 is 1.10 bits per heavy atom. The second kappa shape index (κ2) is 10.3. The molecule has 168 valence electrons. The normalized spacial score (nSPS) is 15.6. The Morgan fingerprint density at radius 3 is 2.39 bits per heavy atom. The van der Waals surface area contributed by atoms with E-state index in [1.54, 1.807) is 12.1 Å². The SMILES string of the molecule is CC[C@H](C(=O)NCc1ccccc1CN1CCCC1)N(c1cccc(C)c1)S(C)(=O)=O. The molecule has 0 aliphatic carbocycles. The lowest BCUT2D eigenvalue weighted by atomic mass is 10.1. The number of hydrogen-bond donors (Lipinski definition) is 1. The number of carbonyl (C=O) groups is 1. The molecule has 0 saturated carbocycles. The van der Waals surface area contributed by atoms with Crippen LogP contribution in [-0.2, 0) is 27.9 Å². The van der Waals surface area contributed by atoms with Gasteiger partial charge in [0.1, 0.15) is 6.04 Å². The summed E-state index contributed by atoms with van der Waals surface area (Å²) in [6, 6.07) is 14.6. The van der Waals surface area contributed by atoms with Gasteiger partial charge in [-0.2, -0.15) is 0 Å². The van der Waals surface area contributed by atoms with E-state index in [2.05, 4.69) is 16.3 Å². The van der Waals surface area contributed by atoms with E-state index in [1.807, 2.05) is 44.2 Å². The fourth-order valence-corrected chi connectivity index (χ4v) is 5.39. The van der Waals surface area contributed by atoms with Crippen LogP contribution in [0, 0.1) is 6.92 Å². The van der Waals surface area contributed by atoms with Crippen LogP contribution in [0.2, 0.25) is 0 Å². The van der Waals surface area contributed by atoms with Crippen LogP contribution < -0.4 is 9.62 Å². The Labute approximate surface area is 186 Å². The van der Waals surface area contributed by atoms with Gasteiger partial charge in [-0.3, -0.25) is 14.0 Å². The van der Waals surface area contributed by atoms with Crippen molar-refractivity contribution < 1.29 is 13.2 Å².